The normalized spacial score (nSPS) is 42.5. The summed E-state index contributed by atoms with van der Waals surface area (Å²) in [4.78, 5) is 25.7. The van der Waals surface area contributed by atoms with Crippen LogP contribution >= 0.6 is 34.8 Å². The summed E-state index contributed by atoms with van der Waals surface area (Å²) in [5, 5.41) is 2.98. The van der Waals surface area contributed by atoms with E-state index in [0.29, 0.717) is 13.0 Å². The molecular formula is C12H16Cl3N3O4. The third-order valence-electron chi connectivity index (χ3n) is 4.50. The lowest BCUT2D eigenvalue weighted by Gasteiger charge is -2.35. The van der Waals surface area contributed by atoms with Crippen LogP contribution in [0.1, 0.15) is 19.8 Å². The molecule has 0 aromatic rings. The van der Waals surface area contributed by atoms with E-state index >= 15 is 0 Å². The molecule has 0 aromatic carbocycles. The Morgan fingerprint density at radius 2 is 2.18 bits per heavy atom. The van der Waals surface area contributed by atoms with Gasteiger partial charge < -0.3 is 15.2 Å². The Hall–Kier alpha value is -0.310. The van der Waals surface area contributed by atoms with Crippen molar-refractivity contribution >= 4 is 46.7 Å². The Morgan fingerprint density at radius 1 is 1.50 bits per heavy atom. The molecule has 3 N–H and O–H groups in total. The first-order valence-electron chi connectivity index (χ1n) is 6.93. The lowest BCUT2D eigenvalue weighted by molar-refractivity contribution is -0.150. The van der Waals surface area contributed by atoms with Gasteiger partial charge in [0.25, 0.3) is 0 Å². The number of ether oxygens (including phenoxy) is 2. The minimum atomic E-state index is -1.77. The van der Waals surface area contributed by atoms with E-state index in [1.807, 2.05) is 0 Å². The molecule has 7 nitrogen and oxygen atoms in total. The average Bonchev–Trinajstić information content (AvgIpc) is 3.02. The molecule has 3 fully saturated rings. The third-order valence-corrected chi connectivity index (χ3v) is 5.06. The largest absolute Gasteiger partial charge is 0.440 e. The zero-order valence-electron chi connectivity index (χ0n) is 11.7. The molecule has 0 unspecified atom stereocenters. The summed E-state index contributed by atoms with van der Waals surface area (Å²) < 4.78 is 9.30. The lowest BCUT2D eigenvalue weighted by Crippen LogP contribution is -2.61. The number of nitrogens with zero attached hydrogens (tertiary/aromatic N) is 1. The fraction of sp³-hybridized carbons (Fsp3) is 0.833. The van der Waals surface area contributed by atoms with Gasteiger partial charge in [0.1, 0.15) is 12.3 Å². The predicted molar refractivity (Wildman–Crippen MR) is 79.3 cm³/mol. The van der Waals surface area contributed by atoms with Crippen molar-refractivity contribution in [3.8, 4) is 0 Å². The summed E-state index contributed by atoms with van der Waals surface area (Å²) >= 11 is 17.8. The fourth-order valence-corrected chi connectivity index (χ4v) is 3.99. The molecule has 0 saturated carbocycles. The standard InChI is InChI=1S/C12H16Cl3N3O4/c1-5-6(7(16)19)17-8(21-5)11-3-2-4-18(11)9(12(13,14)15)22-10(11)20/h5-6,8-9,17H,2-4H2,1H3,(H2,16,19)/t5-,6+,8+,9+,11+/m1/s1. The first-order valence-corrected chi connectivity index (χ1v) is 8.06. The number of nitrogens with two attached hydrogens (primary N) is 1. The number of esters is 1. The molecule has 3 rings (SSSR count). The van der Waals surface area contributed by atoms with Crippen LogP contribution < -0.4 is 11.1 Å². The van der Waals surface area contributed by atoms with Gasteiger partial charge in [-0.15, -0.1) is 0 Å². The van der Waals surface area contributed by atoms with Gasteiger partial charge >= 0.3 is 5.97 Å². The van der Waals surface area contributed by atoms with Crippen molar-refractivity contribution in [3.63, 3.8) is 0 Å². The highest BCUT2D eigenvalue weighted by atomic mass is 35.6. The highest BCUT2D eigenvalue weighted by Gasteiger charge is 2.67. The van der Waals surface area contributed by atoms with E-state index in [0.717, 1.165) is 6.42 Å². The Kier molecular flexibility index (Phi) is 4.03. The molecule has 1 amide bonds. The number of rotatable bonds is 2. The van der Waals surface area contributed by atoms with Crippen LogP contribution in [0.4, 0.5) is 0 Å². The molecule has 10 heteroatoms. The third kappa shape index (κ3) is 2.30. The van der Waals surface area contributed by atoms with E-state index in [1.54, 1.807) is 11.8 Å². The molecule has 3 heterocycles. The number of nitrogens with one attached hydrogen (secondary N) is 1. The van der Waals surface area contributed by atoms with Crippen LogP contribution in [-0.4, -0.2) is 57.3 Å². The van der Waals surface area contributed by atoms with Crippen molar-refractivity contribution in [2.45, 2.75) is 53.7 Å². The van der Waals surface area contributed by atoms with Crippen molar-refractivity contribution in [2.75, 3.05) is 6.54 Å². The van der Waals surface area contributed by atoms with Gasteiger partial charge in [-0.3, -0.25) is 10.1 Å². The first-order chi connectivity index (χ1) is 10.2. The molecule has 3 saturated heterocycles. The SMILES string of the molecule is C[C@H]1O[C@@H]([C@]23CCCN2[C@H](C(Cl)(Cl)Cl)OC3=O)N[C@@H]1C(N)=O. The highest BCUT2D eigenvalue weighted by molar-refractivity contribution is 6.68. The summed E-state index contributed by atoms with van der Waals surface area (Å²) in [7, 11) is 0. The Balaban J connectivity index is 1.92. The van der Waals surface area contributed by atoms with Crippen LogP contribution in [0.2, 0.25) is 0 Å². The van der Waals surface area contributed by atoms with E-state index in [1.165, 1.54) is 0 Å². The molecular weight excluding hydrogens is 357 g/mol. The molecule has 124 valence electrons. The number of cyclic esters (lactones) is 1. The maximum absolute atomic E-state index is 12.5. The van der Waals surface area contributed by atoms with Gasteiger partial charge in [-0.1, -0.05) is 34.8 Å². The topological polar surface area (TPSA) is 93.9 Å². The second-order valence-corrected chi connectivity index (χ2v) is 8.16. The molecule has 0 bridgehead atoms. The highest BCUT2D eigenvalue weighted by Crippen LogP contribution is 2.49. The molecule has 0 aromatic heterocycles. The molecule has 0 aliphatic carbocycles. The van der Waals surface area contributed by atoms with Crippen molar-refractivity contribution < 1.29 is 19.1 Å². The first kappa shape index (κ1) is 16.5. The summed E-state index contributed by atoms with van der Waals surface area (Å²) in [6.45, 7) is 2.24. The van der Waals surface area contributed by atoms with E-state index < -0.39 is 45.8 Å². The van der Waals surface area contributed by atoms with Crippen LogP contribution in [0, 0.1) is 0 Å². The van der Waals surface area contributed by atoms with Crippen LogP contribution in [0.25, 0.3) is 0 Å². The van der Waals surface area contributed by atoms with Crippen molar-refractivity contribution in [1.82, 2.24) is 10.2 Å². The van der Waals surface area contributed by atoms with E-state index in [4.69, 9.17) is 50.0 Å². The van der Waals surface area contributed by atoms with Crippen molar-refractivity contribution in [1.29, 1.82) is 0 Å². The van der Waals surface area contributed by atoms with Gasteiger partial charge in [-0.25, -0.2) is 9.69 Å². The number of primary amides is 1. The number of alkyl halides is 3. The number of carbonyl (C=O) groups is 2. The number of carbonyl (C=O) groups excluding carboxylic acids is 2. The number of hydrogen-bond acceptors (Lipinski definition) is 6. The Morgan fingerprint density at radius 3 is 2.73 bits per heavy atom. The molecule has 5 atom stereocenters. The van der Waals surface area contributed by atoms with Crippen molar-refractivity contribution in [2.24, 2.45) is 5.73 Å². The fourth-order valence-electron chi connectivity index (χ4n) is 3.50. The lowest BCUT2D eigenvalue weighted by atomic mass is 9.94. The summed E-state index contributed by atoms with van der Waals surface area (Å²) in [5.74, 6) is -1.06. The number of amides is 1. The van der Waals surface area contributed by atoms with Gasteiger partial charge in [-0.2, -0.15) is 0 Å². The van der Waals surface area contributed by atoms with Crippen LogP contribution in [0.15, 0.2) is 0 Å². The quantitative estimate of drug-likeness (QED) is 0.533. The summed E-state index contributed by atoms with van der Waals surface area (Å²) in [5.41, 5.74) is 4.24. The number of halogens is 3. The smallest absolute Gasteiger partial charge is 0.332 e. The molecule has 0 spiro atoms. The zero-order chi connectivity index (χ0) is 16.3. The molecule has 22 heavy (non-hydrogen) atoms. The Bertz CT molecular complexity index is 514. The predicted octanol–water partition coefficient (Wildman–Crippen LogP) is 0.262. The second kappa shape index (κ2) is 5.36. The van der Waals surface area contributed by atoms with E-state index in [9.17, 15) is 9.59 Å². The van der Waals surface area contributed by atoms with Gasteiger partial charge in [0.05, 0.1) is 6.10 Å². The minimum absolute atomic E-state index is 0.459. The summed E-state index contributed by atoms with van der Waals surface area (Å²) in [6.07, 6.45) is -0.977. The second-order valence-electron chi connectivity index (χ2n) is 5.79. The number of hydrogen-bond donors (Lipinski definition) is 2. The average molecular weight is 373 g/mol. The van der Waals surface area contributed by atoms with Gasteiger partial charge in [0.15, 0.2) is 5.54 Å². The molecule has 3 aliphatic rings. The van der Waals surface area contributed by atoms with Crippen LogP contribution in [0.3, 0.4) is 0 Å². The molecule has 0 radical (unpaired) electrons. The molecule has 3 aliphatic heterocycles. The van der Waals surface area contributed by atoms with Gasteiger partial charge in [0.2, 0.25) is 15.9 Å². The van der Waals surface area contributed by atoms with Crippen molar-refractivity contribution in [3.05, 3.63) is 0 Å². The maximum Gasteiger partial charge on any atom is 0.332 e. The monoisotopic (exact) mass is 371 g/mol. The van der Waals surface area contributed by atoms with Gasteiger partial charge in [-0.05, 0) is 19.8 Å². The summed E-state index contributed by atoms with van der Waals surface area (Å²) in [6, 6.07) is -0.679. The van der Waals surface area contributed by atoms with E-state index in [-0.39, 0.29) is 0 Å². The van der Waals surface area contributed by atoms with Crippen LogP contribution in [0.5, 0.6) is 0 Å². The Labute approximate surface area is 142 Å². The van der Waals surface area contributed by atoms with Crippen LogP contribution in [-0.2, 0) is 19.1 Å². The minimum Gasteiger partial charge on any atom is -0.440 e. The van der Waals surface area contributed by atoms with E-state index in [2.05, 4.69) is 5.32 Å². The van der Waals surface area contributed by atoms with Gasteiger partial charge in [0, 0.05) is 6.54 Å². The number of fused-ring (bicyclic) bond motifs is 1. The maximum atomic E-state index is 12.5. The zero-order valence-corrected chi connectivity index (χ0v) is 14.0.